The van der Waals surface area contributed by atoms with E-state index in [1.807, 2.05) is 19.1 Å². The molecule has 0 spiro atoms. The van der Waals surface area contributed by atoms with Crippen LogP contribution in [0.5, 0.6) is 0 Å². The molecule has 3 heteroatoms. The zero-order valence-electron chi connectivity index (χ0n) is 7.86. The molecule has 0 radical (unpaired) electrons. The molecular weight excluding hydrogens is 166 g/mol. The molecule has 70 valence electrons. The van der Waals surface area contributed by atoms with Crippen LogP contribution in [-0.2, 0) is 9.53 Å². The van der Waals surface area contributed by atoms with Crippen LogP contribution in [-0.4, -0.2) is 18.1 Å². The number of aromatic nitrogens is 1. The molecule has 1 atom stereocenters. The highest BCUT2D eigenvalue weighted by molar-refractivity contribution is 5.77. The number of carbonyl (C=O) groups is 1. The summed E-state index contributed by atoms with van der Waals surface area (Å²) in [6, 6.07) is 3.71. The summed E-state index contributed by atoms with van der Waals surface area (Å²) in [6.07, 6.45) is 4.12. The minimum atomic E-state index is -0.199. The van der Waals surface area contributed by atoms with Gasteiger partial charge in [0, 0.05) is 12.4 Å². The summed E-state index contributed by atoms with van der Waals surface area (Å²) in [4.78, 5) is 15.3. The molecule has 1 aromatic heterocycles. The molecule has 3 nitrogen and oxygen atoms in total. The first kappa shape index (κ1) is 9.71. The van der Waals surface area contributed by atoms with E-state index < -0.39 is 0 Å². The first-order chi connectivity index (χ1) is 6.29. The number of pyridine rings is 1. The molecular formula is C10H13NO2. The van der Waals surface area contributed by atoms with Crippen molar-refractivity contribution in [3.63, 3.8) is 0 Å². The van der Waals surface area contributed by atoms with Gasteiger partial charge in [0.2, 0.25) is 0 Å². The molecule has 0 amide bonds. The van der Waals surface area contributed by atoms with Crippen molar-refractivity contribution in [2.45, 2.75) is 19.3 Å². The molecule has 0 N–H and O–H groups in total. The van der Waals surface area contributed by atoms with E-state index in [0.717, 1.165) is 12.0 Å². The van der Waals surface area contributed by atoms with Gasteiger partial charge in [0.25, 0.3) is 0 Å². The fourth-order valence-corrected chi connectivity index (χ4v) is 1.26. The Kier molecular flexibility index (Phi) is 3.43. The van der Waals surface area contributed by atoms with E-state index in [1.54, 1.807) is 12.4 Å². The predicted octanol–water partition coefficient (Wildman–Crippen LogP) is 1.75. The van der Waals surface area contributed by atoms with Crippen molar-refractivity contribution < 1.29 is 9.53 Å². The van der Waals surface area contributed by atoms with Crippen molar-refractivity contribution in [3.05, 3.63) is 30.1 Å². The Morgan fingerprint density at radius 1 is 1.69 bits per heavy atom. The molecule has 0 aliphatic carbocycles. The molecule has 1 heterocycles. The first-order valence-electron chi connectivity index (χ1n) is 4.27. The van der Waals surface area contributed by atoms with Gasteiger partial charge in [-0.05, 0) is 18.1 Å². The van der Waals surface area contributed by atoms with Crippen LogP contribution in [0.3, 0.4) is 0 Å². The third-order valence-electron chi connectivity index (χ3n) is 1.98. The standard InChI is InChI=1S/C10H13NO2/c1-3-9(10(12)13-2)8-5-4-6-11-7-8/h4-7,9H,3H2,1-2H3. The molecule has 1 aromatic rings. The maximum Gasteiger partial charge on any atom is 0.313 e. The lowest BCUT2D eigenvalue weighted by Crippen LogP contribution is -2.13. The smallest absolute Gasteiger partial charge is 0.313 e. The zero-order valence-corrected chi connectivity index (χ0v) is 7.86. The van der Waals surface area contributed by atoms with Crippen LogP contribution in [0.1, 0.15) is 24.8 Å². The summed E-state index contributed by atoms with van der Waals surface area (Å²) >= 11 is 0. The van der Waals surface area contributed by atoms with Gasteiger partial charge >= 0.3 is 5.97 Å². The van der Waals surface area contributed by atoms with Crippen molar-refractivity contribution >= 4 is 5.97 Å². The maximum atomic E-state index is 11.3. The number of ether oxygens (including phenoxy) is 1. The Balaban J connectivity index is 2.85. The van der Waals surface area contributed by atoms with Gasteiger partial charge in [-0.3, -0.25) is 9.78 Å². The largest absolute Gasteiger partial charge is 0.469 e. The van der Waals surface area contributed by atoms with Gasteiger partial charge in [-0.15, -0.1) is 0 Å². The van der Waals surface area contributed by atoms with Gasteiger partial charge in [-0.1, -0.05) is 13.0 Å². The Hall–Kier alpha value is -1.38. The molecule has 1 unspecified atom stereocenters. The lowest BCUT2D eigenvalue weighted by Gasteiger charge is -2.11. The second-order valence-corrected chi connectivity index (χ2v) is 2.77. The van der Waals surface area contributed by atoms with Crippen molar-refractivity contribution in [2.75, 3.05) is 7.11 Å². The minimum absolute atomic E-state index is 0.182. The fraction of sp³-hybridized carbons (Fsp3) is 0.400. The summed E-state index contributed by atoms with van der Waals surface area (Å²) in [7, 11) is 1.40. The number of hydrogen-bond donors (Lipinski definition) is 0. The van der Waals surface area contributed by atoms with E-state index in [-0.39, 0.29) is 11.9 Å². The van der Waals surface area contributed by atoms with Crippen molar-refractivity contribution in [3.8, 4) is 0 Å². The molecule has 1 rings (SSSR count). The summed E-state index contributed by atoms with van der Waals surface area (Å²) in [5.74, 6) is -0.380. The summed E-state index contributed by atoms with van der Waals surface area (Å²) in [5, 5.41) is 0. The van der Waals surface area contributed by atoms with Gasteiger partial charge in [0.1, 0.15) is 0 Å². The van der Waals surface area contributed by atoms with Gasteiger partial charge in [0.15, 0.2) is 0 Å². The Labute approximate surface area is 77.8 Å². The minimum Gasteiger partial charge on any atom is -0.469 e. The monoisotopic (exact) mass is 179 g/mol. The second-order valence-electron chi connectivity index (χ2n) is 2.77. The van der Waals surface area contributed by atoms with E-state index in [1.165, 1.54) is 7.11 Å². The number of nitrogens with zero attached hydrogens (tertiary/aromatic N) is 1. The molecule has 0 bridgehead atoms. The highest BCUT2D eigenvalue weighted by Gasteiger charge is 2.18. The van der Waals surface area contributed by atoms with E-state index in [0.29, 0.717) is 0 Å². The van der Waals surface area contributed by atoms with Crippen molar-refractivity contribution in [1.29, 1.82) is 0 Å². The van der Waals surface area contributed by atoms with Crippen molar-refractivity contribution in [1.82, 2.24) is 4.98 Å². The average molecular weight is 179 g/mol. The predicted molar refractivity (Wildman–Crippen MR) is 49.3 cm³/mol. The molecule has 13 heavy (non-hydrogen) atoms. The van der Waals surface area contributed by atoms with Crippen LogP contribution >= 0.6 is 0 Å². The number of rotatable bonds is 3. The second kappa shape index (κ2) is 4.60. The van der Waals surface area contributed by atoms with Crippen LogP contribution in [0, 0.1) is 0 Å². The quantitative estimate of drug-likeness (QED) is 0.663. The summed E-state index contributed by atoms with van der Waals surface area (Å²) < 4.78 is 4.69. The maximum absolute atomic E-state index is 11.3. The van der Waals surface area contributed by atoms with Gasteiger partial charge < -0.3 is 4.74 Å². The molecule has 0 saturated heterocycles. The Morgan fingerprint density at radius 2 is 2.46 bits per heavy atom. The van der Waals surface area contributed by atoms with E-state index in [9.17, 15) is 4.79 Å². The van der Waals surface area contributed by atoms with Crippen LogP contribution in [0.15, 0.2) is 24.5 Å². The van der Waals surface area contributed by atoms with E-state index in [4.69, 9.17) is 4.74 Å². The SMILES string of the molecule is CCC(C(=O)OC)c1cccnc1. The third kappa shape index (κ3) is 2.28. The van der Waals surface area contributed by atoms with Crippen molar-refractivity contribution in [2.24, 2.45) is 0 Å². The lowest BCUT2D eigenvalue weighted by molar-refractivity contribution is -0.142. The van der Waals surface area contributed by atoms with Crippen LogP contribution in [0.25, 0.3) is 0 Å². The number of hydrogen-bond acceptors (Lipinski definition) is 3. The average Bonchev–Trinajstić information content (AvgIpc) is 2.20. The Bertz CT molecular complexity index is 272. The molecule has 0 aliphatic rings. The topological polar surface area (TPSA) is 39.2 Å². The number of esters is 1. The Morgan fingerprint density at radius 3 is 2.92 bits per heavy atom. The van der Waals surface area contributed by atoms with E-state index >= 15 is 0 Å². The van der Waals surface area contributed by atoms with Gasteiger partial charge in [-0.25, -0.2) is 0 Å². The van der Waals surface area contributed by atoms with Crippen LogP contribution in [0.4, 0.5) is 0 Å². The highest BCUT2D eigenvalue weighted by Crippen LogP contribution is 2.19. The first-order valence-corrected chi connectivity index (χ1v) is 4.27. The van der Waals surface area contributed by atoms with Gasteiger partial charge in [0.05, 0.1) is 13.0 Å². The third-order valence-corrected chi connectivity index (χ3v) is 1.98. The molecule has 0 fully saturated rings. The fourth-order valence-electron chi connectivity index (χ4n) is 1.26. The highest BCUT2D eigenvalue weighted by atomic mass is 16.5. The van der Waals surface area contributed by atoms with Crippen LogP contribution < -0.4 is 0 Å². The number of carbonyl (C=O) groups excluding carboxylic acids is 1. The number of methoxy groups -OCH3 is 1. The molecule has 0 aliphatic heterocycles. The summed E-state index contributed by atoms with van der Waals surface area (Å²) in [6.45, 7) is 1.95. The summed E-state index contributed by atoms with van der Waals surface area (Å²) in [5.41, 5.74) is 0.914. The molecule has 0 aromatic carbocycles. The van der Waals surface area contributed by atoms with E-state index in [2.05, 4.69) is 4.98 Å². The van der Waals surface area contributed by atoms with Gasteiger partial charge in [-0.2, -0.15) is 0 Å². The van der Waals surface area contributed by atoms with Crippen LogP contribution in [0.2, 0.25) is 0 Å². The normalized spacial score (nSPS) is 12.2. The zero-order chi connectivity index (χ0) is 9.68. The molecule has 0 saturated carbocycles. The lowest BCUT2D eigenvalue weighted by atomic mass is 9.99.